The largest absolute Gasteiger partial charge is 0.431 e. The van der Waals surface area contributed by atoms with Crippen LogP contribution in [0, 0.1) is 11.7 Å². The number of alkyl halides is 3. The van der Waals surface area contributed by atoms with Gasteiger partial charge in [0.05, 0.1) is 21.5 Å². The Bertz CT molecular complexity index is 1300. The average Bonchev–Trinajstić information content (AvgIpc) is 2.64. The molecular formula is C18H18ClF4N3O5S. The molecule has 0 aliphatic carbocycles. The number of aromatic nitrogens is 2. The summed E-state index contributed by atoms with van der Waals surface area (Å²) in [6, 6.07) is 1.23. The van der Waals surface area contributed by atoms with Crippen molar-refractivity contribution in [1.82, 2.24) is 13.9 Å². The zero-order valence-corrected chi connectivity index (χ0v) is 18.7. The Kier molecular flexibility index (Phi) is 6.95. The van der Waals surface area contributed by atoms with Gasteiger partial charge in [-0.1, -0.05) is 25.4 Å². The van der Waals surface area contributed by atoms with E-state index in [1.807, 2.05) is 0 Å². The van der Waals surface area contributed by atoms with Crippen molar-refractivity contribution < 1.29 is 30.8 Å². The number of amides is 1. The Labute approximate surface area is 184 Å². The first-order valence-corrected chi connectivity index (χ1v) is 10.9. The molecule has 14 heteroatoms. The van der Waals surface area contributed by atoms with Gasteiger partial charge in [-0.25, -0.2) is 26.9 Å². The highest BCUT2D eigenvalue weighted by atomic mass is 35.5. The summed E-state index contributed by atoms with van der Waals surface area (Å²) < 4.78 is 80.1. The van der Waals surface area contributed by atoms with Crippen molar-refractivity contribution >= 4 is 27.5 Å². The van der Waals surface area contributed by atoms with E-state index in [1.54, 1.807) is 18.6 Å². The predicted molar refractivity (Wildman–Crippen MR) is 108 cm³/mol. The molecule has 0 spiro atoms. The molecule has 0 aliphatic rings. The maximum absolute atomic E-state index is 14.5. The van der Waals surface area contributed by atoms with Crippen molar-refractivity contribution in [3.63, 3.8) is 0 Å². The van der Waals surface area contributed by atoms with Crippen molar-refractivity contribution in [2.24, 2.45) is 13.0 Å². The molecule has 1 heterocycles. The molecule has 1 aromatic carbocycles. The molecule has 2 aromatic rings. The maximum Gasteiger partial charge on any atom is 0.431 e. The van der Waals surface area contributed by atoms with Gasteiger partial charge in [0.2, 0.25) is 10.0 Å². The summed E-state index contributed by atoms with van der Waals surface area (Å²) in [5.41, 5.74) is -6.12. The molecule has 32 heavy (non-hydrogen) atoms. The Hall–Kier alpha value is -2.67. The van der Waals surface area contributed by atoms with Crippen molar-refractivity contribution in [3.05, 3.63) is 61.1 Å². The number of nitrogens with zero attached hydrogens (tertiary/aromatic N) is 2. The molecule has 0 fully saturated rings. The molecule has 0 saturated carbocycles. The first-order chi connectivity index (χ1) is 14.5. The zero-order chi connectivity index (χ0) is 24.8. The highest BCUT2D eigenvalue weighted by Crippen LogP contribution is 2.27. The number of hydrogen-bond donors (Lipinski definition) is 1. The van der Waals surface area contributed by atoms with Gasteiger partial charge in [0.25, 0.3) is 11.5 Å². The van der Waals surface area contributed by atoms with Crippen LogP contribution in [0.15, 0.2) is 27.8 Å². The molecule has 8 nitrogen and oxygen atoms in total. The van der Waals surface area contributed by atoms with E-state index in [1.165, 1.54) is 6.92 Å². The van der Waals surface area contributed by atoms with Gasteiger partial charge in [0.15, 0.2) is 0 Å². The lowest BCUT2D eigenvalue weighted by molar-refractivity contribution is -0.144. The zero-order valence-electron chi connectivity index (χ0n) is 17.1. The molecule has 1 N–H and O–H groups in total. The minimum atomic E-state index is -5.03. The van der Waals surface area contributed by atoms with Gasteiger partial charge < -0.3 is 0 Å². The molecule has 1 unspecified atom stereocenters. The van der Waals surface area contributed by atoms with Crippen molar-refractivity contribution in [2.75, 3.05) is 0 Å². The first-order valence-electron chi connectivity index (χ1n) is 8.94. The normalized spacial score (nSPS) is 13.3. The Morgan fingerprint density at radius 2 is 1.69 bits per heavy atom. The molecule has 0 aliphatic heterocycles. The van der Waals surface area contributed by atoms with Crippen LogP contribution >= 0.6 is 11.6 Å². The number of rotatable bonds is 5. The SMILES string of the molecule is CC(C)C(C)S(=O)(=O)NC(=O)c1cc(-n2c(=O)cc(C(F)(F)F)n(C)c2=O)c(F)cc1Cl. The number of benzene rings is 1. The van der Waals surface area contributed by atoms with Crippen LogP contribution in [-0.2, 0) is 23.2 Å². The van der Waals surface area contributed by atoms with Gasteiger partial charge in [-0.3, -0.25) is 14.2 Å². The molecule has 0 radical (unpaired) electrons. The third-order valence-corrected chi connectivity index (χ3v) is 7.10. The van der Waals surface area contributed by atoms with E-state index in [9.17, 15) is 40.4 Å². The standard InChI is InChI=1S/C18H18ClF4N3O5S/c1-8(2)9(3)32(30,31)24-16(28)10-5-13(12(20)6-11(10)19)26-15(27)7-14(18(21,22)23)25(4)17(26)29/h5-9H,1-4H3,(H,24,28). The second-order valence-corrected chi connectivity index (χ2v) is 9.70. The van der Waals surface area contributed by atoms with E-state index < -0.39 is 66.4 Å². The average molecular weight is 500 g/mol. The number of sulfonamides is 1. The van der Waals surface area contributed by atoms with Crippen molar-refractivity contribution in [1.29, 1.82) is 0 Å². The topological polar surface area (TPSA) is 107 Å². The maximum atomic E-state index is 14.5. The third-order valence-electron chi connectivity index (χ3n) is 4.80. The van der Waals surface area contributed by atoms with Gasteiger partial charge in [-0.05, 0) is 25.0 Å². The summed E-state index contributed by atoms with van der Waals surface area (Å²) in [4.78, 5) is 37.1. The number of nitrogens with one attached hydrogen (secondary N) is 1. The van der Waals surface area contributed by atoms with Gasteiger partial charge in [0, 0.05) is 13.1 Å². The quantitative estimate of drug-likeness (QED) is 0.636. The number of hydrogen-bond acceptors (Lipinski definition) is 5. The van der Waals surface area contributed by atoms with E-state index in [0.29, 0.717) is 12.1 Å². The smallest absolute Gasteiger partial charge is 0.292 e. The van der Waals surface area contributed by atoms with E-state index in [0.717, 1.165) is 7.05 Å². The summed E-state index contributed by atoms with van der Waals surface area (Å²) >= 11 is 5.84. The monoisotopic (exact) mass is 499 g/mol. The van der Waals surface area contributed by atoms with E-state index >= 15 is 0 Å². The van der Waals surface area contributed by atoms with E-state index in [2.05, 4.69) is 0 Å². The fourth-order valence-electron chi connectivity index (χ4n) is 2.64. The van der Waals surface area contributed by atoms with Crippen LogP contribution in [0.5, 0.6) is 0 Å². The van der Waals surface area contributed by atoms with Gasteiger partial charge in [0.1, 0.15) is 11.5 Å². The summed E-state index contributed by atoms with van der Waals surface area (Å²) in [7, 11) is -3.44. The highest BCUT2D eigenvalue weighted by Gasteiger charge is 2.35. The van der Waals surface area contributed by atoms with Crippen LogP contribution in [0.1, 0.15) is 36.8 Å². The molecule has 1 amide bonds. The van der Waals surface area contributed by atoms with Crippen LogP contribution in [0.4, 0.5) is 17.6 Å². The van der Waals surface area contributed by atoms with Gasteiger partial charge in [-0.2, -0.15) is 13.2 Å². The lowest BCUT2D eigenvalue weighted by Crippen LogP contribution is -2.41. The highest BCUT2D eigenvalue weighted by molar-refractivity contribution is 7.90. The molecule has 176 valence electrons. The second kappa shape index (κ2) is 8.70. The Morgan fingerprint density at radius 3 is 2.19 bits per heavy atom. The minimum absolute atomic E-state index is 0.0723. The number of carbonyl (C=O) groups is 1. The molecule has 0 bridgehead atoms. The van der Waals surface area contributed by atoms with Crippen LogP contribution < -0.4 is 16.0 Å². The molecular weight excluding hydrogens is 482 g/mol. The minimum Gasteiger partial charge on any atom is -0.292 e. The molecule has 2 rings (SSSR count). The second-order valence-electron chi connectivity index (χ2n) is 7.25. The Morgan fingerprint density at radius 1 is 1.12 bits per heavy atom. The lowest BCUT2D eigenvalue weighted by Gasteiger charge is -2.18. The Balaban J connectivity index is 2.67. The predicted octanol–water partition coefficient (Wildman–Crippen LogP) is 2.45. The summed E-state index contributed by atoms with van der Waals surface area (Å²) in [5.74, 6) is -2.95. The third kappa shape index (κ3) is 4.88. The molecule has 1 aromatic heterocycles. The fraction of sp³-hybridized carbons (Fsp3) is 0.389. The van der Waals surface area contributed by atoms with E-state index in [-0.39, 0.29) is 21.1 Å². The van der Waals surface area contributed by atoms with Crippen LogP contribution in [0.25, 0.3) is 5.69 Å². The van der Waals surface area contributed by atoms with Crippen molar-refractivity contribution in [3.8, 4) is 5.69 Å². The fourth-order valence-corrected chi connectivity index (χ4v) is 4.14. The van der Waals surface area contributed by atoms with Gasteiger partial charge >= 0.3 is 11.9 Å². The summed E-state index contributed by atoms with van der Waals surface area (Å²) in [6.45, 7) is 4.55. The molecule has 1 atom stereocenters. The van der Waals surface area contributed by atoms with Crippen LogP contribution in [0.3, 0.4) is 0 Å². The van der Waals surface area contributed by atoms with Crippen LogP contribution in [0.2, 0.25) is 5.02 Å². The number of carbonyl (C=O) groups excluding carboxylic acids is 1. The van der Waals surface area contributed by atoms with E-state index in [4.69, 9.17) is 11.6 Å². The summed E-state index contributed by atoms with van der Waals surface area (Å²) in [5, 5.41) is -1.54. The number of halogens is 5. The van der Waals surface area contributed by atoms with Crippen molar-refractivity contribution in [2.45, 2.75) is 32.2 Å². The lowest BCUT2D eigenvalue weighted by atomic mass is 10.1. The van der Waals surface area contributed by atoms with Crippen LogP contribution in [-0.4, -0.2) is 28.7 Å². The first kappa shape index (κ1) is 25.6. The summed E-state index contributed by atoms with van der Waals surface area (Å²) in [6.07, 6.45) is -5.03. The van der Waals surface area contributed by atoms with Gasteiger partial charge in [-0.15, -0.1) is 0 Å². The molecule has 0 saturated heterocycles.